The van der Waals surface area contributed by atoms with Gasteiger partial charge in [-0.15, -0.1) is 0 Å². The second-order valence-corrected chi connectivity index (χ2v) is 7.94. The molecule has 0 aliphatic carbocycles. The molecule has 1 heterocycles. The molecule has 0 radical (unpaired) electrons. The second-order valence-electron chi connectivity index (χ2n) is 7.53. The van der Waals surface area contributed by atoms with Gasteiger partial charge in [-0.2, -0.15) is 15.8 Å². The van der Waals surface area contributed by atoms with Crippen LogP contribution in [0, 0.1) is 34.0 Å². The number of carbonyl (C=O) groups is 1. The van der Waals surface area contributed by atoms with Crippen molar-refractivity contribution in [3.63, 3.8) is 0 Å². The molecule has 1 aliphatic heterocycles. The fraction of sp³-hybridized carbons (Fsp3) is 0.280. The van der Waals surface area contributed by atoms with Crippen molar-refractivity contribution in [2.75, 3.05) is 43.0 Å². The van der Waals surface area contributed by atoms with Crippen LogP contribution in [-0.2, 0) is 0 Å². The number of halogens is 1. The molecular formula is C25H23ClN6O2. The minimum absolute atomic E-state index is 0.0195. The molecule has 0 spiro atoms. The third kappa shape index (κ3) is 5.78. The predicted octanol–water partition coefficient (Wildman–Crippen LogP) is 4.33. The topological polar surface area (TPSA) is 116 Å². The summed E-state index contributed by atoms with van der Waals surface area (Å²) in [7, 11) is 0. The Morgan fingerprint density at radius 3 is 2.26 bits per heavy atom. The van der Waals surface area contributed by atoms with Gasteiger partial charge < -0.3 is 19.9 Å². The average molecular weight is 475 g/mol. The minimum Gasteiger partial charge on any atom is -0.494 e. The van der Waals surface area contributed by atoms with Crippen LogP contribution in [0.3, 0.4) is 0 Å². The summed E-state index contributed by atoms with van der Waals surface area (Å²) < 4.78 is 5.57. The molecule has 2 aromatic carbocycles. The summed E-state index contributed by atoms with van der Waals surface area (Å²) in [4.78, 5) is 16.8. The van der Waals surface area contributed by atoms with Gasteiger partial charge in [0.1, 0.15) is 29.7 Å². The van der Waals surface area contributed by atoms with E-state index in [-0.39, 0.29) is 17.2 Å². The number of allylic oxidation sites excluding steroid dienone is 2. The summed E-state index contributed by atoms with van der Waals surface area (Å²) in [5.41, 5.74) is 1.49. The van der Waals surface area contributed by atoms with E-state index in [1.165, 1.54) is 0 Å². The van der Waals surface area contributed by atoms with Crippen molar-refractivity contribution >= 4 is 28.9 Å². The zero-order valence-electron chi connectivity index (χ0n) is 18.7. The Labute approximate surface area is 203 Å². The van der Waals surface area contributed by atoms with Crippen LogP contribution in [-0.4, -0.2) is 43.6 Å². The van der Waals surface area contributed by atoms with Gasteiger partial charge in [-0.3, -0.25) is 4.79 Å². The number of benzene rings is 2. The van der Waals surface area contributed by atoms with E-state index in [2.05, 4.69) is 10.2 Å². The summed E-state index contributed by atoms with van der Waals surface area (Å²) in [5, 5.41) is 30.3. The van der Waals surface area contributed by atoms with Gasteiger partial charge in [0.2, 0.25) is 0 Å². The molecule has 2 aromatic rings. The number of nitriles is 3. The average Bonchev–Trinajstić information content (AvgIpc) is 2.87. The predicted molar refractivity (Wildman–Crippen MR) is 129 cm³/mol. The molecule has 1 amide bonds. The highest BCUT2D eigenvalue weighted by atomic mass is 35.5. The van der Waals surface area contributed by atoms with E-state index in [1.807, 2.05) is 36.1 Å². The van der Waals surface area contributed by atoms with Crippen LogP contribution < -0.4 is 15.0 Å². The molecule has 0 aromatic heterocycles. The second kappa shape index (κ2) is 11.6. The lowest BCUT2D eigenvalue weighted by Gasteiger charge is -2.36. The molecule has 172 valence electrons. The minimum atomic E-state index is -0.299. The molecule has 1 aliphatic rings. The highest BCUT2D eigenvalue weighted by molar-refractivity contribution is 6.33. The van der Waals surface area contributed by atoms with Gasteiger partial charge in [0.05, 0.1) is 17.3 Å². The third-order valence-electron chi connectivity index (χ3n) is 5.28. The fourth-order valence-corrected chi connectivity index (χ4v) is 3.82. The SMILES string of the molecule is CCCOc1ccc(C(=O)N2CCN(c3ccc(NC(C#N)=C(C#N)C#N)cc3Cl)CC2)cc1. The molecule has 0 unspecified atom stereocenters. The normalized spacial score (nSPS) is 12.7. The van der Waals surface area contributed by atoms with E-state index in [0.717, 1.165) is 17.9 Å². The van der Waals surface area contributed by atoms with Crippen molar-refractivity contribution in [3.8, 4) is 24.0 Å². The standard InChI is InChI=1S/C25H23ClN6O2/c1-2-13-34-21-6-3-18(4-7-21)25(33)32-11-9-31(10-12-32)24-8-5-20(14-22(24)26)30-23(17-29)19(15-27)16-28/h3-8,14,30H,2,9-13H2,1H3. The summed E-state index contributed by atoms with van der Waals surface area (Å²) >= 11 is 6.48. The van der Waals surface area contributed by atoms with E-state index < -0.39 is 0 Å². The van der Waals surface area contributed by atoms with Gasteiger partial charge in [-0.1, -0.05) is 18.5 Å². The van der Waals surface area contributed by atoms with Gasteiger partial charge in [0.25, 0.3) is 5.91 Å². The molecule has 0 bridgehead atoms. The smallest absolute Gasteiger partial charge is 0.253 e. The highest BCUT2D eigenvalue weighted by Crippen LogP contribution is 2.30. The number of hydrogen-bond acceptors (Lipinski definition) is 7. The van der Waals surface area contributed by atoms with Crippen molar-refractivity contribution < 1.29 is 9.53 Å². The first-order valence-corrected chi connectivity index (χ1v) is 11.2. The quantitative estimate of drug-likeness (QED) is 0.593. The Morgan fingerprint density at radius 1 is 1.03 bits per heavy atom. The van der Waals surface area contributed by atoms with E-state index in [4.69, 9.17) is 26.9 Å². The van der Waals surface area contributed by atoms with E-state index in [0.29, 0.717) is 49.1 Å². The molecule has 8 nitrogen and oxygen atoms in total. The lowest BCUT2D eigenvalue weighted by atomic mass is 10.1. The first-order chi connectivity index (χ1) is 16.5. The van der Waals surface area contributed by atoms with Crippen LogP contribution in [0.1, 0.15) is 23.7 Å². The number of carbonyl (C=O) groups excluding carboxylic acids is 1. The number of nitrogens with one attached hydrogen (secondary N) is 1. The van der Waals surface area contributed by atoms with Crippen molar-refractivity contribution in [2.45, 2.75) is 13.3 Å². The van der Waals surface area contributed by atoms with Gasteiger partial charge in [0, 0.05) is 37.4 Å². The lowest BCUT2D eigenvalue weighted by molar-refractivity contribution is 0.0747. The maximum absolute atomic E-state index is 12.9. The van der Waals surface area contributed by atoms with Crippen molar-refractivity contribution in [2.24, 2.45) is 0 Å². The zero-order chi connectivity index (χ0) is 24.5. The molecule has 3 rings (SSSR count). The number of hydrogen-bond donors (Lipinski definition) is 1. The zero-order valence-corrected chi connectivity index (χ0v) is 19.5. The maximum atomic E-state index is 12.9. The summed E-state index contributed by atoms with van der Waals surface area (Å²) in [6, 6.07) is 17.6. The Kier molecular flexibility index (Phi) is 8.35. The molecule has 1 N–H and O–H groups in total. The first kappa shape index (κ1) is 24.5. The van der Waals surface area contributed by atoms with E-state index >= 15 is 0 Å². The molecule has 34 heavy (non-hydrogen) atoms. The molecule has 0 atom stereocenters. The number of amides is 1. The van der Waals surface area contributed by atoms with Gasteiger partial charge in [-0.05, 0) is 48.9 Å². The monoisotopic (exact) mass is 474 g/mol. The number of ether oxygens (including phenoxy) is 1. The van der Waals surface area contributed by atoms with Crippen LogP contribution in [0.5, 0.6) is 5.75 Å². The maximum Gasteiger partial charge on any atom is 0.253 e. The molecular weight excluding hydrogens is 452 g/mol. The Balaban J connectivity index is 1.62. The Morgan fingerprint density at radius 2 is 1.71 bits per heavy atom. The Bertz CT molecular complexity index is 1180. The van der Waals surface area contributed by atoms with Crippen molar-refractivity contribution in [1.82, 2.24) is 4.90 Å². The third-order valence-corrected chi connectivity index (χ3v) is 5.59. The van der Waals surface area contributed by atoms with Crippen LogP contribution in [0.4, 0.5) is 11.4 Å². The molecule has 9 heteroatoms. The number of rotatable bonds is 7. The lowest BCUT2D eigenvalue weighted by Crippen LogP contribution is -2.48. The van der Waals surface area contributed by atoms with Crippen LogP contribution in [0.2, 0.25) is 5.02 Å². The summed E-state index contributed by atoms with van der Waals surface area (Å²) in [5.74, 6) is 0.735. The van der Waals surface area contributed by atoms with E-state index in [1.54, 1.807) is 36.4 Å². The van der Waals surface area contributed by atoms with Gasteiger partial charge in [0.15, 0.2) is 5.57 Å². The largest absolute Gasteiger partial charge is 0.494 e. The molecule has 1 saturated heterocycles. The summed E-state index contributed by atoms with van der Waals surface area (Å²) in [6.45, 7) is 5.03. The molecule has 1 fully saturated rings. The van der Waals surface area contributed by atoms with Crippen LogP contribution >= 0.6 is 11.6 Å². The van der Waals surface area contributed by atoms with Gasteiger partial charge >= 0.3 is 0 Å². The highest BCUT2D eigenvalue weighted by Gasteiger charge is 2.23. The van der Waals surface area contributed by atoms with Gasteiger partial charge in [-0.25, -0.2) is 0 Å². The van der Waals surface area contributed by atoms with E-state index in [9.17, 15) is 10.1 Å². The van der Waals surface area contributed by atoms with Crippen molar-refractivity contribution in [3.05, 3.63) is 64.3 Å². The van der Waals surface area contributed by atoms with Crippen molar-refractivity contribution in [1.29, 1.82) is 15.8 Å². The molecule has 0 saturated carbocycles. The van der Waals surface area contributed by atoms with Crippen LogP contribution in [0.15, 0.2) is 53.7 Å². The summed E-state index contributed by atoms with van der Waals surface area (Å²) in [6.07, 6.45) is 0.926. The Hall–Kier alpha value is -4.19. The van der Waals surface area contributed by atoms with Crippen LogP contribution in [0.25, 0.3) is 0 Å². The number of anilines is 2. The fourth-order valence-electron chi connectivity index (χ4n) is 3.52. The number of nitrogens with zero attached hydrogens (tertiary/aromatic N) is 5. The number of piperazine rings is 1. The first-order valence-electron chi connectivity index (χ1n) is 10.8.